The van der Waals surface area contributed by atoms with E-state index in [1.54, 1.807) is 19.3 Å². The molecule has 0 unspecified atom stereocenters. The van der Waals surface area contributed by atoms with Gasteiger partial charge in [0.2, 0.25) is 0 Å². The van der Waals surface area contributed by atoms with Gasteiger partial charge in [-0.2, -0.15) is 0 Å². The number of nitrogens with one attached hydrogen (secondary N) is 1. The van der Waals surface area contributed by atoms with Crippen molar-refractivity contribution in [2.75, 3.05) is 5.32 Å². The fraction of sp³-hybridized carbons (Fsp3) is 0.273. The summed E-state index contributed by atoms with van der Waals surface area (Å²) in [6, 6.07) is 11.4. The number of hydrogen-bond acceptors (Lipinski definition) is 4. The summed E-state index contributed by atoms with van der Waals surface area (Å²) in [5.74, 6) is -0.833. The van der Waals surface area contributed by atoms with Crippen molar-refractivity contribution in [3.05, 3.63) is 64.9 Å². The molecule has 3 aromatic rings. The lowest BCUT2D eigenvalue weighted by molar-refractivity contribution is -0.152. The molecule has 0 radical (unpaired) electrons. The van der Waals surface area contributed by atoms with E-state index in [-0.39, 0.29) is 12.3 Å². The average molecular weight is 365 g/mol. The minimum atomic E-state index is -0.889. The van der Waals surface area contributed by atoms with Crippen LogP contribution in [0.25, 0.3) is 11.0 Å². The predicted octanol–water partition coefficient (Wildman–Crippen LogP) is 4.47. The fourth-order valence-electron chi connectivity index (χ4n) is 2.89. The molecule has 0 aliphatic rings. The molecular weight excluding hydrogens is 342 g/mol. The summed E-state index contributed by atoms with van der Waals surface area (Å²) in [7, 11) is 0. The quantitative estimate of drug-likeness (QED) is 0.677. The first-order chi connectivity index (χ1) is 12.8. The van der Waals surface area contributed by atoms with Crippen molar-refractivity contribution in [2.45, 2.75) is 40.2 Å². The largest absolute Gasteiger partial charge is 0.464 e. The summed E-state index contributed by atoms with van der Waals surface area (Å²) in [5, 5.41) is 3.65. The van der Waals surface area contributed by atoms with Crippen molar-refractivity contribution in [2.24, 2.45) is 0 Å². The SMILES string of the molecule is Cc1cccc(NC(=O)[C@@H](C)OC(=O)Cc2coc3cc(C)c(C)cc23)c1. The third-order valence-electron chi connectivity index (χ3n) is 4.57. The van der Waals surface area contributed by atoms with E-state index in [1.807, 2.05) is 51.1 Å². The topological polar surface area (TPSA) is 68.5 Å². The number of esters is 1. The summed E-state index contributed by atoms with van der Waals surface area (Å²) in [4.78, 5) is 24.5. The molecule has 1 amide bonds. The molecule has 0 saturated heterocycles. The minimum absolute atomic E-state index is 0.0531. The molecule has 1 N–H and O–H groups in total. The van der Waals surface area contributed by atoms with Crippen molar-refractivity contribution in [3.63, 3.8) is 0 Å². The van der Waals surface area contributed by atoms with Crippen LogP contribution in [-0.2, 0) is 20.7 Å². The Hall–Kier alpha value is -3.08. The Morgan fingerprint density at radius 1 is 1.11 bits per heavy atom. The van der Waals surface area contributed by atoms with Gasteiger partial charge in [-0.3, -0.25) is 9.59 Å². The molecule has 3 rings (SSSR count). The highest BCUT2D eigenvalue weighted by molar-refractivity contribution is 5.95. The molecule has 27 heavy (non-hydrogen) atoms. The Morgan fingerprint density at radius 2 is 1.85 bits per heavy atom. The molecule has 0 aliphatic heterocycles. The van der Waals surface area contributed by atoms with Gasteiger partial charge in [0.1, 0.15) is 5.58 Å². The lowest BCUT2D eigenvalue weighted by atomic mass is 10.0. The Kier molecular flexibility index (Phi) is 5.31. The standard InChI is InChI=1S/C22H23NO4/c1-13-6-5-7-18(8-13)23-22(25)16(4)27-21(24)11-17-12-26-20-10-15(3)14(2)9-19(17)20/h5-10,12,16H,11H2,1-4H3,(H,23,25)/t16-/m1/s1. The van der Waals surface area contributed by atoms with E-state index in [1.165, 1.54) is 0 Å². The third kappa shape index (κ3) is 4.37. The maximum atomic E-state index is 12.3. The Balaban J connectivity index is 1.63. The van der Waals surface area contributed by atoms with Gasteiger partial charge in [-0.05, 0) is 68.7 Å². The number of anilines is 1. The number of benzene rings is 2. The number of aryl methyl sites for hydroxylation is 3. The fourth-order valence-corrected chi connectivity index (χ4v) is 2.89. The average Bonchev–Trinajstić information content (AvgIpc) is 2.97. The van der Waals surface area contributed by atoms with E-state index in [0.717, 1.165) is 33.2 Å². The second-order valence-electron chi connectivity index (χ2n) is 6.86. The van der Waals surface area contributed by atoms with E-state index < -0.39 is 12.1 Å². The smallest absolute Gasteiger partial charge is 0.311 e. The van der Waals surface area contributed by atoms with E-state index in [4.69, 9.17) is 9.15 Å². The highest BCUT2D eigenvalue weighted by atomic mass is 16.5. The van der Waals surface area contributed by atoms with Crippen LogP contribution >= 0.6 is 0 Å². The number of furan rings is 1. The Labute approximate surface area is 158 Å². The maximum Gasteiger partial charge on any atom is 0.311 e. The van der Waals surface area contributed by atoms with Gasteiger partial charge in [-0.1, -0.05) is 12.1 Å². The number of carbonyl (C=O) groups is 2. The van der Waals surface area contributed by atoms with Gasteiger partial charge < -0.3 is 14.5 Å². The molecule has 5 heteroatoms. The summed E-state index contributed by atoms with van der Waals surface area (Å²) < 4.78 is 10.8. The van der Waals surface area contributed by atoms with Crippen LogP contribution in [0.15, 0.2) is 47.1 Å². The van der Waals surface area contributed by atoms with Crippen LogP contribution in [0.1, 0.15) is 29.2 Å². The summed E-state index contributed by atoms with van der Waals surface area (Å²) in [5.41, 5.74) is 5.47. The van der Waals surface area contributed by atoms with Gasteiger partial charge in [-0.25, -0.2) is 0 Å². The second-order valence-corrected chi connectivity index (χ2v) is 6.86. The summed E-state index contributed by atoms with van der Waals surface area (Å²) in [6.07, 6.45) is 0.736. The van der Waals surface area contributed by atoms with E-state index in [9.17, 15) is 9.59 Å². The lowest BCUT2D eigenvalue weighted by Crippen LogP contribution is -2.30. The Morgan fingerprint density at radius 3 is 2.59 bits per heavy atom. The number of ether oxygens (including phenoxy) is 1. The summed E-state index contributed by atoms with van der Waals surface area (Å²) >= 11 is 0. The number of carbonyl (C=O) groups excluding carboxylic acids is 2. The van der Waals surface area contributed by atoms with Crippen molar-refractivity contribution >= 4 is 28.5 Å². The van der Waals surface area contributed by atoms with Crippen LogP contribution in [0.2, 0.25) is 0 Å². The van der Waals surface area contributed by atoms with Crippen LogP contribution in [0, 0.1) is 20.8 Å². The van der Waals surface area contributed by atoms with Crippen LogP contribution < -0.4 is 5.32 Å². The van der Waals surface area contributed by atoms with Gasteiger partial charge >= 0.3 is 5.97 Å². The van der Waals surface area contributed by atoms with Crippen molar-refractivity contribution < 1.29 is 18.7 Å². The molecule has 0 aliphatic carbocycles. The van der Waals surface area contributed by atoms with E-state index in [0.29, 0.717) is 5.69 Å². The molecule has 2 aromatic carbocycles. The number of fused-ring (bicyclic) bond motifs is 1. The van der Waals surface area contributed by atoms with Crippen LogP contribution in [0.5, 0.6) is 0 Å². The van der Waals surface area contributed by atoms with E-state index in [2.05, 4.69) is 5.32 Å². The molecule has 1 heterocycles. The third-order valence-corrected chi connectivity index (χ3v) is 4.57. The van der Waals surface area contributed by atoms with E-state index >= 15 is 0 Å². The predicted molar refractivity (Wildman–Crippen MR) is 105 cm³/mol. The lowest BCUT2D eigenvalue weighted by Gasteiger charge is -2.13. The molecule has 1 atom stereocenters. The molecule has 1 aromatic heterocycles. The first-order valence-corrected chi connectivity index (χ1v) is 8.88. The zero-order valence-corrected chi connectivity index (χ0v) is 16.0. The summed E-state index contributed by atoms with van der Waals surface area (Å²) in [6.45, 7) is 7.53. The number of amides is 1. The van der Waals surface area contributed by atoms with Gasteiger partial charge in [-0.15, -0.1) is 0 Å². The monoisotopic (exact) mass is 365 g/mol. The molecule has 5 nitrogen and oxygen atoms in total. The molecule has 0 fully saturated rings. The molecule has 0 bridgehead atoms. The zero-order chi connectivity index (χ0) is 19.6. The van der Waals surface area contributed by atoms with Gasteiger partial charge in [0.05, 0.1) is 12.7 Å². The van der Waals surface area contributed by atoms with Crippen molar-refractivity contribution in [1.29, 1.82) is 0 Å². The first kappa shape index (κ1) is 18.7. The molecule has 0 spiro atoms. The van der Waals surface area contributed by atoms with Crippen LogP contribution in [0.3, 0.4) is 0 Å². The van der Waals surface area contributed by atoms with Gasteiger partial charge in [0.25, 0.3) is 5.91 Å². The van der Waals surface area contributed by atoms with Crippen LogP contribution in [-0.4, -0.2) is 18.0 Å². The Bertz CT molecular complexity index is 1000. The number of rotatable bonds is 5. The van der Waals surface area contributed by atoms with Crippen molar-refractivity contribution in [3.8, 4) is 0 Å². The molecule has 140 valence electrons. The highest BCUT2D eigenvalue weighted by Gasteiger charge is 2.20. The normalized spacial score (nSPS) is 12.0. The molecule has 0 saturated carbocycles. The molecular formula is C22H23NO4. The van der Waals surface area contributed by atoms with Crippen molar-refractivity contribution in [1.82, 2.24) is 0 Å². The maximum absolute atomic E-state index is 12.3. The van der Waals surface area contributed by atoms with Gasteiger partial charge in [0, 0.05) is 16.6 Å². The second kappa shape index (κ2) is 7.66. The highest BCUT2D eigenvalue weighted by Crippen LogP contribution is 2.25. The first-order valence-electron chi connectivity index (χ1n) is 8.88. The zero-order valence-electron chi connectivity index (χ0n) is 16.0. The number of hydrogen-bond donors (Lipinski definition) is 1. The minimum Gasteiger partial charge on any atom is -0.464 e. The van der Waals surface area contributed by atoms with Crippen LogP contribution in [0.4, 0.5) is 5.69 Å². The van der Waals surface area contributed by atoms with Gasteiger partial charge in [0.15, 0.2) is 6.10 Å².